The van der Waals surface area contributed by atoms with Gasteiger partial charge in [-0.2, -0.15) is 0 Å². The normalized spacial score (nSPS) is 13.4. The van der Waals surface area contributed by atoms with E-state index in [9.17, 15) is 0 Å². The molecule has 1 nitrogen and oxygen atoms in total. The average molecular weight is 208 g/mol. The fourth-order valence-corrected chi connectivity index (χ4v) is 4.84. The van der Waals surface area contributed by atoms with Gasteiger partial charge in [0.2, 0.25) is 23.6 Å². The van der Waals surface area contributed by atoms with Crippen LogP contribution in [-0.2, 0) is 27.9 Å². The quantitative estimate of drug-likeness (QED) is 0.533. The van der Waals surface area contributed by atoms with Gasteiger partial charge in [-0.3, -0.25) is 0 Å². The van der Waals surface area contributed by atoms with Gasteiger partial charge >= 0.3 is 12.3 Å². The van der Waals surface area contributed by atoms with Gasteiger partial charge in [-0.1, -0.05) is 0 Å². The van der Waals surface area contributed by atoms with Crippen LogP contribution in [0.1, 0.15) is 0 Å². The van der Waals surface area contributed by atoms with Crippen molar-refractivity contribution in [3.63, 3.8) is 0 Å². The van der Waals surface area contributed by atoms with Crippen molar-refractivity contribution >= 4 is 60.4 Å². The highest BCUT2D eigenvalue weighted by Gasteiger charge is 2.17. The molecule has 0 aliphatic carbocycles. The van der Waals surface area contributed by atoms with Gasteiger partial charge in [0, 0.05) is 0 Å². The summed E-state index contributed by atoms with van der Waals surface area (Å²) in [5, 5.41) is 0. The summed E-state index contributed by atoms with van der Waals surface area (Å²) < 4.78 is 4.74. The molecule has 0 aromatic heterocycles. The second-order valence-electron chi connectivity index (χ2n) is 0.557. The number of hydrogen-bond donors (Lipinski definition) is 2. The zero-order valence-corrected chi connectivity index (χ0v) is 8.22. The van der Waals surface area contributed by atoms with Gasteiger partial charge in [-0.15, -0.1) is 0 Å². The topological polar surface area (TPSA) is 9.23 Å². The molecule has 0 N–H and O–H groups in total. The summed E-state index contributed by atoms with van der Waals surface area (Å²) >= 11 is 16.7. The maximum Gasteiger partial charge on any atom is 0.468 e. The third-order valence-corrected chi connectivity index (χ3v) is 3.77. The summed E-state index contributed by atoms with van der Waals surface area (Å²) in [6.07, 6.45) is -2.03. The van der Waals surface area contributed by atoms with Crippen molar-refractivity contribution in [1.82, 2.24) is 0 Å². The minimum Gasteiger partial charge on any atom is 0.0723 e. The van der Waals surface area contributed by atoms with Gasteiger partial charge in [-0.05, 0) is 0 Å². The van der Waals surface area contributed by atoms with E-state index in [2.05, 4.69) is 48.1 Å². The van der Waals surface area contributed by atoms with E-state index in [4.69, 9.17) is 4.31 Å². The molecule has 0 aromatic rings. The Morgan fingerprint density at radius 2 is 1.43 bits per heavy atom. The molecule has 0 saturated carbocycles. The van der Waals surface area contributed by atoms with E-state index in [0.29, 0.717) is 0 Å². The third-order valence-electron chi connectivity index (χ3n) is 0.140. The second kappa shape index (κ2) is 4.57. The maximum absolute atomic E-state index is 4.74. The van der Waals surface area contributed by atoms with Crippen LogP contribution < -0.4 is 0 Å². The first-order valence-corrected chi connectivity index (χ1v) is 7.98. The third kappa shape index (κ3) is 7.70. The van der Waals surface area contributed by atoms with E-state index >= 15 is 0 Å². The SMILES string of the molecule is S=[P+](S)O[P+](=S)S. The van der Waals surface area contributed by atoms with Crippen LogP contribution >= 0.6 is 36.7 Å². The highest BCUT2D eigenvalue weighted by molar-refractivity contribution is 8.60. The zero-order chi connectivity index (χ0) is 5.86. The van der Waals surface area contributed by atoms with Crippen molar-refractivity contribution in [2.45, 2.75) is 0 Å². The average Bonchev–Trinajstić information content (AvgIpc) is 1.27. The van der Waals surface area contributed by atoms with E-state index in [1.54, 1.807) is 0 Å². The molecule has 2 atom stereocenters. The number of thiol groups is 2. The van der Waals surface area contributed by atoms with Crippen molar-refractivity contribution in [1.29, 1.82) is 0 Å². The van der Waals surface area contributed by atoms with Gasteiger partial charge < -0.3 is 0 Å². The molecule has 2 unspecified atom stereocenters. The second-order valence-corrected chi connectivity index (χ2v) is 7.96. The van der Waals surface area contributed by atoms with Crippen LogP contribution in [0.4, 0.5) is 0 Å². The van der Waals surface area contributed by atoms with E-state index in [0.717, 1.165) is 0 Å². The van der Waals surface area contributed by atoms with Crippen molar-refractivity contribution in [2.75, 3.05) is 0 Å². The van der Waals surface area contributed by atoms with Crippen LogP contribution in [0, 0.1) is 0 Å². The maximum atomic E-state index is 4.74. The molecule has 0 heterocycles. The first-order valence-electron chi connectivity index (χ1n) is 1.13. The Hall–Kier alpha value is 1.70. The molecule has 0 amide bonds. The Morgan fingerprint density at radius 1 is 1.14 bits per heavy atom. The summed E-state index contributed by atoms with van der Waals surface area (Å²) in [6, 6.07) is 0. The Bertz CT molecular complexity index is 85.9. The van der Waals surface area contributed by atoms with E-state index < -0.39 is 12.3 Å². The highest BCUT2D eigenvalue weighted by Crippen LogP contribution is 2.43. The van der Waals surface area contributed by atoms with Crippen molar-refractivity contribution in [2.24, 2.45) is 0 Å². The molecule has 0 fully saturated rings. The lowest BCUT2D eigenvalue weighted by atomic mass is 15.9. The molecule has 0 aliphatic heterocycles. The van der Waals surface area contributed by atoms with Crippen LogP contribution in [0.25, 0.3) is 0 Å². The largest absolute Gasteiger partial charge is 0.468 e. The standard InChI is InChI=1S/OP2S4/c4-2(5)1-3(6)7/p+2. The molecule has 7 heavy (non-hydrogen) atoms. The molecule has 0 aromatic carbocycles. The first kappa shape index (κ1) is 8.70. The Kier molecular flexibility index (Phi) is 5.68. The van der Waals surface area contributed by atoms with Crippen LogP contribution in [0.2, 0.25) is 0 Å². The van der Waals surface area contributed by atoms with Crippen LogP contribution in [-0.4, -0.2) is 0 Å². The van der Waals surface area contributed by atoms with Crippen molar-refractivity contribution in [3.05, 3.63) is 0 Å². The van der Waals surface area contributed by atoms with Crippen LogP contribution in [0.5, 0.6) is 0 Å². The summed E-state index contributed by atoms with van der Waals surface area (Å²) in [5.74, 6) is 0. The highest BCUT2D eigenvalue weighted by atomic mass is 32.9. The number of hydrogen-bond acceptors (Lipinski definition) is 3. The molecular formula is H2OP2S4+2. The first-order chi connectivity index (χ1) is 3.13. The summed E-state index contributed by atoms with van der Waals surface area (Å²) in [6.45, 7) is 0. The summed E-state index contributed by atoms with van der Waals surface area (Å²) in [7, 11) is 0. The Balaban J connectivity index is 3.32. The molecule has 0 bridgehead atoms. The smallest absolute Gasteiger partial charge is 0.0723 e. The zero-order valence-electron chi connectivity index (χ0n) is 3.01. The van der Waals surface area contributed by atoms with Gasteiger partial charge in [0.15, 0.2) is 0 Å². The fourth-order valence-electron chi connectivity index (χ4n) is 0.0598. The summed E-state index contributed by atoms with van der Waals surface area (Å²) in [5.41, 5.74) is 0. The minimum atomic E-state index is -1.01. The molecule has 7 heteroatoms. The Labute approximate surface area is 64.5 Å². The van der Waals surface area contributed by atoms with Crippen LogP contribution in [0.15, 0.2) is 0 Å². The van der Waals surface area contributed by atoms with Gasteiger partial charge in [0.05, 0.1) is 4.31 Å². The molecule has 0 radical (unpaired) electrons. The minimum absolute atomic E-state index is 1.01. The van der Waals surface area contributed by atoms with Gasteiger partial charge in [0.1, 0.15) is 24.5 Å². The number of rotatable bonds is 2. The predicted octanol–water partition coefficient (Wildman–Crippen LogP) is 2.41. The van der Waals surface area contributed by atoms with Gasteiger partial charge in [-0.25, -0.2) is 0 Å². The molecule has 0 aliphatic rings. The molecule has 0 rings (SSSR count). The lowest BCUT2D eigenvalue weighted by Crippen LogP contribution is -1.43. The predicted molar refractivity (Wildman–Crippen MR) is 47.6 cm³/mol. The fraction of sp³-hybridized carbons (Fsp3) is 0. The Morgan fingerprint density at radius 3 is 1.43 bits per heavy atom. The van der Waals surface area contributed by atoms with Crippen molar-refractivity contribution < 1.29 is 4.31 Å². The monoisotopic (exact) mass is 208 g/mol. The molecular weight excluding hydrogens is 206 g/mol. The van der Waals surface area contributed by atoms with Crippen molar-refractivity contribution in [3.8, 4) is 0 Å². The van der Waals surface area contributed by atoms with E-state index in [-0.39, 0.29) is 0 Å². The summed E-state index contributed by atoms with van der Waals surface area (Å²) in [4.78, 5) is 0. The van der Waals surface area contributed by atoms with Crippen LogP contribution in [0.3, 0.4) is 0 Å². The van der Waals surface area contributed by atoms with E-state index in [1.807, 2.05) is 0 Å². The van der Waals surface area contributed by atoms with E-state index in [1.165, 1.54) is 0 Å². The van der Waals surface area contributed by atoms with Gasteiger partial charge in [0.25, 0.3) is 0 Å². The lowest BCUT2D eigenvalue weighted by molar-refractivity contribution is 0.749. The molecule has 0 saturated heterocycles. The lowest BCUT2D eigenvalue weighted by Gasteiger charge is -1.59. The molecule has 0 spiro atoms. The molecule has 40 valence electrons.